The number of carboxylic acid groups (broad SMARTS) is 1. The van der Waals surface area contributed by atoms with Crippen LogP contribution in [-0.4, -0.2) is 24.2 Å². The number of hydrogen-bond donors (Lipinski definition) is 1. The molecular formula is C13H12O4. The van der Waals surface area contributed by atoms with Crippen molar-refractivity contribution >= 4 is 11.9 Å². The first-order chi connectivity index (χ1) is 8.04. The number of esters is 1. The monoisotopic (exact) mass is 232 g/mol. The van der Waals surface area contributed by atoms with Crippen LogP contribution in [0.4, 0.5) is 0 Å². The molecule has 0 bridgehead atoms. The summed E-state index contributed by atoms with van der Waals surface area (Å²) in [5, 5.41) is 8.78. The average molecular weight is 232 g/mol. The third kappa shape index (κ3) is 3.65. The third-order valence-corrected chi connectivity index (χ3v) is 2.16. The molecule has 0 atom stereocenters. The lowest BCUT2D eigenvalue weighted by Crippen LogP contribution is -1.98. The first-order valence-electron chi connectivity index (χ1n) is 4.94. The van der Waals surface area contributed by atoms with E-state index in [1.165, 1.54) is 13.2 Å². The van der Waals surface area contributed by atoms with E-state index in [2.05, 4.69) is 16.6 Å². The Labute approximate surface area is 99.2 Å². The Morgan fingerprint density at radius 2 is 2.12 bits per heavy atom. The van der Waals surface area contributed by atoms with Crippen molar-refractivity contribution in [1.82, 2.24) is 0 Å². The molecule has 0 saturated carbocycles. The maximum Gasteiger partial charge on any atom is 0.335 e. The zero-order valence-corrected chi connectivity index (χ0v) is 9.61. The van der Waals surface area contributed by atoms with Gasteiger partial charge in [0, 0.05) is 5.56 Å². The Morgan fingerprint density at radius 1 is 1.41 bits per heavy atom. The Balaban J connectivity index is 2.86. The molecule has 0 aromatic heterocycles. The van der Waals surface area contributed by atoms with E-state index in [9.17, 15) is 9.59 Å². The fourth-order valence-electron chi connectivity index (χ4n) is 1.22. The Bertz CT molecular complexity index is 506. The maximum atomic E-state index is 10.8. The molecule has 1 aromatic rings. The number of benzene rings is 1. The van der Waals surface area contributed by atoms with Crippen LogP contribution in [-0.2, 0) is 9.53 Å². The minimum Gasteiger partial charge on any atom is -0.478 e. The van der Waals surface area contributed by atoms with Gasteiger partial charge in [-0.2, -0.15) is 0 Å². The molecule has 17 heavy (non-hydrogen) atoms. The lowest BCUT2D eigenvalue weighted by Gasteiger charge is -1.99. The normalized spacial score (nSPS) is 9.06. The minimum atomic E-state index is -0.970. The summed E-state index contributed by atoms with van der Waals surface area (Å²) in [5.74, 6) is 4.11. The molecule has 0 heterocycles. The van der Waals surface area contributed by atoms with Crippen molar-refractivity contribution in [2.24, 2.45) is 0 Å². The van der Waals surface area contributed by atoms with Gasteiger partial charge in [-0.05, 0) is 30.7 Å². The highest BCUT2D eigenvalue weighted by molar-refractivity contribution is 5.88. The van der Waals surface area contributed by atoms with Gasteiger partial charge in [-0.1, -0.05) is 11.8 Å². The van der Waals surface area contributed by atoms with Gasteiger partial charge in [0.15, 0.2) is 0 Å². The lowest BCUT2D eigenvalue weighted by molar-refractivity contribution is -0.139. The van der Waals surface area contributed by atoms with Gasteiger partial charge in [-0.3, -0.25) is 4.79 Å². The van der Waals surface area contributed by atoms with E-state index in [0.717, 1.165) is 5.56 Å². The van der Waals surface area contributed by atoms with E-state index in [-0.39, 0.29) is 12.0 Å². The zero-order valence-electron chi connectivity index (χ0n) is 9.61. The summed E-state index contributed by atoms with van der Waals surface area (Å²) >= 11 is 0. The molecule has 4 heteroatoms. The molecule has 88 valence electrons. The van der Waals surface area contributed by atoms with Gasteiger partial charge < -0.3 is 9.84 Å². The fraction of sp³-hybridized carbons (Fsp3) is 0.231. The highest BCUT2D eigenvalue weighted by atomic mass is 16.5. The summed E-state index contributed by atoms with van der Waals surface area (Å²) in [4.78, 5) is 21.5. The van der Waals surface area contributed by atoms with Crippen LogP contribution in [0.2, 0.25) is 0 Å². The number of hydrogen-bond acceptors (Lipinski definition) is 3. The minimum absolute atomic E-state index is 0.0244. The van der Waals surface area contributed by atoms with Crippen LogP contribution >= 0.6 is 0 Å². The third-order valence-electron chi connectivity index (χ3n) is 2.16. The standard InChI is InChI=1S/C13H12O4/c1-9-8-11(13(15)16)7-6-10(9)4-3-5-12(14)17-2/h6-8H,5H2,1-2H3,(H,15,16). The van der Waals surface area contributed by atoms with Gasteiger partial charge in [0.2, 0.25) is 0 Å². The molecule has 1 rings (SSSR count). The van der Waals surface area contributed by atoms with Crippen LogP contribution in [0.3, 0.4) is 0 Å². The van der Waals surface area contributed by atoms with Crippen LogP contribution in [0.15, 0.2) is 18.2 Å². The second-order valence-electron chi connectivity index (χ2n) is 3.39. The summed E-state index contributed by atoms with van der Waals surface area (Å²) in [6, 6.07) is 4.66. The van der Waals surface area contributed by atoms with E-state index in [4.69, 9.17) is 5.11 Å². The number of rotatable bonds is 2. The van der Waals surface area contributed by atoms with Crippen molar-refractivity contribution in [2.75, 3.05) is 7.11 Å². The van der Waals surface area contributed by atoms with E-state index >= 15 is 0 Å². The summed E-state index contributed by atoms with van der Waals surface area (Å²) in [6.07, 6.45) is 0.0244. The van der Waals surface area contributed by atoms with E-state index in [1.54, 1.807) is 19.1 Å². The lowest BCUT2D eigenvalue weighted by atomic mass is 10.1. The van der Waals surface area contributed by atoms with Crippen molar-refractivity contribution < 1.29 is 19.4 Å². The fourth-order valence-corrected chi connectivity index (χ4v) is 1.22. The largest absolute Gasteiger partial charge is 0.478 e. The SMILES string of the molecule is COC(=O)CC#Cc1ccc(C(=O)O)cc1C. The predicted molar refractivity (Wildman–Crippen MR) is 61.6 cm³/mol. The van der Waals surface area contributed by atoms with Crippen LogP contribution in [0.5, 0.6) is 0 Å². The second kappa shape index (κ2) is 5.71. The van der Waals surface area contributed by atoms with Crippen molar-refractivity contribution in [3.05, 3.63) is 34.9 Å². The highest BCUT2D eigenvalue weighted by Gasteiger charge is 2.04. The van der Waals surface area contributed by atoms with Gasteiger partial charge in [0.1, 0.15) is 6.42 Å². The molecule has 1 N–H and O–H groups in total. The number of carboxylic acids is 1. The first kappa shape index (κ1) is 12.8. The van der Waals surface area contributed by atoms with Gasteiger partial charge in [-0.25, -0.2) is 4.79 Å². The summed E-state index contributed by atoms with van der Waals surface area (Å²) < 4.78 is 4.45. The van der Waals surface area contributed by atoms with Crippen LogP contribution in [0, 0.1) is 18.8 Å². The average Bonchev–Trinajstić information content (AvgIpc) is 2.30. The highest BCUT2D eigenvalue weighted by Crippen LogP contribution is 2.10. The molecule has 0 unspecified atom stereocenters. The van der Waals surface area contributed by atoms with Crippen LogP contribution < -0.4 is 0 Å². The molecular weight excluding hydrogens is 220 g/mol. The summed E-state index contributed by atoms with van der Waals surface area (Å²) in [5.41, 5.74) is 1.70. The topological polar surface area (TPSA) is 63.6 Å². The summed E-state index contributed by atoms with van der Waals surface area (Å²) in [6.45, 7) is 1.77. The Morgan fingerprint density at radius 3 is 2.65 bits per heavy atom. The van der Waals surface area contributed by atoms with Crippen LogP contribution in [0.1, 0.15) is 27.9 Å². The second-order valence-corrected chi connectivity index (χ2v) is 3.39. The summed E-state index contributed by atoms with van der Waals surface area (Å²) in [7, 11) is 1.30. The van der Waals surface area contributed by atoms with Crippen LogP contribution in [0.25, 0.3) is 0 Å². The van der Waals surface area contributed by atoms with Gasteiger partial charge in [0.05, 0.1) is 12.7 Å². The van der Waals surface area contributed by atoms with Gasteiger partial charge >= 0.3 is 11.9 Å². The molecule has 0 aliphatic carbocycles. The number of carbonyl (C=O) groups excluding carboxylic acids is 1. The zero-order chi connectivity index (χ0) is 12.8. The maximum absolute atomic E-state index is 10.8. The quantitative estimate of drug-likeness (QED) is 0.621. The number of methoxy groups -OCH3 is 1. The number of ether oxygens (including phenoxy) is 1. The van der Waals surface area contributed by atoms with E-state index in [1.807, 2.05) is 0 Å². The van der Waals surface area contributed by atoms with E-state index < -0.39 is 11.9 Å². The smallest absolute Gasteiger partial charge is 0.335 e. The van der Waals surface area contributed by atoms with Crippen molar-refractivity contribution in [3.63, 3.8) is 0 Å². The van der Waals surface area contributed by atoms with Crippen molar-refractivity contribution in [3.8, 4) is 11.8 Å². The van der Waals surface area contributed by atoms with Gasteiger partial charge in [0.25, 0.3) is 0 Å². The molecule has 0 fully saturated rings. The first-order valence-corrected chi connectivity index (χ1v) is 4.94. The number of aromatic carboxylic acids is 1. The Hall–Kier alpha value is -2.28. The molecule has 4 nitrogen and oxygen atoms in total. The predicted octanol–water partition coefficient (Wildman–Crippen LogP) is 1.61. The van der Waals surface area contributed by atoms with Gasteiger partial charge in [-0.15, -0.1) is 0 Å². The number of carbonyl (C=O) groups is 2. The molecule has 0 amide bonds. The molecule has 0 aliphatic heterocycles. The molecule has 0 radical (unpaired) electrons. The molecule has 1 aromatic carbocycles. The van der Waals surface area contributed by atoms with E-state index in [0.29, 0.717) is 5.56 Å². The van der Waals surface area contributed by atoms with Crippen molar-refractivity contribution in [2.45, 2.75) is 13.3 Å². The molecule has 0 spiro atoms. The molecule has 0 aliphatic rings. The molecule has 0 saturated heterocycles. The van der Waals surface area contributed by atoms with Crippen molar-refractivity contribution in [1.29, 1.82) is 0 Å². The Kier molecular flexibility index (Phi) is 4.29. The number of aryl methyl sites for hydroxylation is 1.